The van der Waals surface area contributed by atoms with Crippen LogP contribution in [0.15, 0.2) is 42.5 Å². The Kier molecular flexibility index (Phi) is 8.81. The Morgan fingerprint density at radius 2 is 1.74 bits per heavy atom. The van der Waals surface area contributed by atoms with E-state index in [0.717, 1.165) is 16.7 Å². The second-order valence-corrected chi connectivity index (χ2v) is 6.38. The number of hydrogen-bond donors (Lipinski definition) is 1. The molecule has 0 aliphatic carbocycles. The van der Waals surface area contributed by atoms with Crippen LogP contribution in [0.5, 0.6) is 5.75 Å². The minimum absolute atomic E-state index is 0.00271. The van der Waals surface area contributed by atoms with Crippen LogP contribution < -0.4 is 10.1 Å². The number of rotatable bonds is 11. The molecule has 1 amide bonds. The maximum Gasteiger partial charge on any atom is 0.258 e. The third kappa shape index (κ3) is 7.81. The number of carbonyl (C=O) groups is 1. The van der Waals surface area contributed by atoms with E-state index in [0.29, 0.717) is 38.7 Å². The van der Waals surface area contributed by atoms with Crippen LogP contribution >= 0.6 is 0 Å². The Morgan fingerprint density at radius 3 is 2.52 bits per heavy atom. The minimum atomic E-state index is -0.147. The Hall–Kier alpha value is -2.37. The first-order valence-corrected chi connectivity index (χ1v) is 9.28. The van der Waals surface area contributed by atoms with Crippen LogP contribution in [-0.4, -0.2) is 32.3 Å². The molecule has 0 spiro atoms. The SMILES string of the molecule is CCOCCOCc1cccc(CNC(=O)COc2ccc(C)c(C)c2)c1. The second kappa shape index (κ2) is 11.4. The van der Waals surface area contributed by atoms with Crippen molar-refractivity contribution in [1.29, 1.82) is 0 Å². The molecule has 0 saturated heterocycles. The zero-order valence-corrected chi connectivity index (χ0v) is 16.4. The predicted octanol–water partition coefficient (Wildman–Crippen LogP) is 3.55. The van der Waals surface area contributed by atoms with E-state index >= 15 is 0 Å². The highest BCUT2D eigenvalue weighted by Gasteiger charge is 2.05. The predicted molar refractivity (Wildman–Crippen MR) is 106 cm³/mol. The van der Waals surface area contributed by atoms with Gasteiger partial charge in [0.1, 0.15) is 5.75 Å². The molecule has 0 atom stereocenters. The molecule has 2 aromatic rings. The Morgan fingerprint density at radius 1 is 0.963 bits per heavy atom. The molecule has 5 heteroatoms. The summed E-state index contributed by atoms with van der Waals surface area (Å²) < 4.78 is 16.4. The quantitative estimate of drug-likeness (QED) is 0.614. The van der Waals surface area contributed by atoms with Gasteiger partial charge in [-0.25, -0.2) is 0 Å². The van der Waals surface area contributed by atoms with E-state index in [-0.39, 0.29) is 12.5 Å². The first-order chi connectivity index (χ1) is 13.1. The largest absolute Gasteiger partial charge is 0.484 e. The van der Waals surface area contributed by atoms with Crippen LogP contribution in [0, 0.1) is 13.8 Å². The van der Waals surface area contributed by atoms with Gasteiger partial charge in [0.15, 0.2) is 6.61 Å². The van der Waals surface area contributed by atoms with Gasteiger partial charge in [0.05, 0.1) is 19.8 Å². The van der Waals surface area contributed by atoms with Gasteiger partial charge in [-0.3, -0.25) is 4.79 Å². The van der Waals surface area contributed by atoms with Gasteiger partial charge in [0.25, 0.3) is 5.91 Å². The van der Waals surface area contributed by atoms with E-state index in [4.69, 9.17) is 14.2 Å². The third-order valence-corrected chi connectivity index (χ3v) is 4.17. The molecule has 2 aromatic carbocycles. The molecule has 0 heterocycles. The smallest absolute Gasteiger partial charge is 0.258 e. The number of hydrogen-bond acceptors (Lipinski definition) is 4. The highest BCUT2D eigenvalue weighted by atomic mass is 16.5. The number of carbonyl (C=O) groups excluding carboxylic acids is 1. The van der Waals surface area contributed by atoms with Crippen LogP contribution in [0.25, 0.3) is 0 Å². The maximum absolute atomic E-state index is 12.0. The summed E-state index contributed by atoms with van der Waals surface area (Å²) in [7, 11) is 0. The van der Waals surface area contributed by atoms with Crippen molar-refractivity contribution >= 4 is 5.91 Å². The van der Waals surface area contributed by atoms with Crippen LogP contribution in [-0.2, 0) is 27.4 Å². The van der Waals surface area contributed by atoms with Crippen molar-refractivity contribution in [2.45, 2.75) is 33.9 Å². The van der Waals surface area contributed by atoms with Gasteiger partial charge < -0.3 is 19.5 Å². The molecule has 0 aromatic heterocycles. The summed E-state index contributed by atoms with van der Waals surface area (Å²) in [5.41, 5.74) is 4.45. The Balaban J connectivity index is 1.72. The van der Waals surface area contributed by atoms with E-state index in [1.54, 1.807) is 0 Å². The number of amides is 1. The molecule has 146 valence electrons. The average molecular weight is 371 g/mol. The number of benzene rings is 2. The lowest BCUT2D eigenvalue weighted by molar-refractivity contribution is -0.123. The molecular weight excluding hydrogens is 342 g/mol. The molecule has 0 fully saturated rings. The van der Waals surface area contributed by atoms with E-state index in [1.807, 2.05) is 63.2 Å². The van der Waals surface area contributed by atoms with Crippen molar-refractivity contribution in [2.75, 3.05) is 26.4 Å². The average Bonchev–Trinajstić information content (AvgIpc) is 2.67. The molecule has 2 rings (SSSR count). The molecule has 0 radical (unpaired) electrons. The summed E-state index contributed by atoms with van der Waals surface area (Å²) in [5, 5.41) is 2.88. The van der Waals surface area contributed by atoms with Gasteiger partial charge >= 0.3 is 0 Å². The van der Waals surface area contributed by atoms with Gasteiger partial charge in [-0.05, 0) is 55.2 Å². The molecule has 1 N–H and O–H groups in total. The van der Waals surface area contributed by atoms with Crippen molar-refractivity contribution in [3.05, 3.63) is 64.7 Å². The number of nitrogens with one attached hydrogen (secondary N) is 1. The van der Waals surface area contributed by atoms with E-state index < -0.39 is 0 Å². The van der Waals surface area contributed by atoms with Gasteiger partial charge in [-0.15, -0.1) is 0 Å². The minimum Gasteiger partial charge on any atom is -0.484 e. The van der Waals surface area contributed by atoms with Gasteiger partial charge in [-0.1, -0.05) is 30.3 Å². The summed E-state index contributed by atoms with van der Waals surface area (Å²) in [6.07, 6.45) is 0. The van der Waals surface area contributed by atoms with E-state index in [9.17, 15) is 4.79 Å². The topological polar surface area (TPSA) is 56.8 Å². The molecule has 0 aliphatic rings. The lowest BCUT2D eigenvalue weighted by atomic mass is 10.1. The van der Waals surface area contributed by atoms with Gasteiger partial charge in [0.2, 0.25) is 0 Å². The van der Waals surface area contributed by atoms with Crippen LogP contribution in [0.4, 0.5) is 0 Å². The van der Waals surface area contributed by atoms with Crippen LogP contribution in [0.2, 0.25) is 0 Å². The monoisotopic (exact) mass is 371 g/mol. The summed E-state index contributed by atoms with van der Waals surface area (Å²) in [6.45, 7) is 8.91. The summed E-state index contributed by atoms with van der Waals surface area (Å²) in [5.74, 6) is 0.561. The van der Waals surface area contributed by atoms with Crippen LogP contribution in [0.3, 0.4) is 0 Å². The highest BCUT2D eigenvalue weighted by Crippen LogP contribution is 2.16. The fourth-order valence-corrected chi connectivity index (χ4v) is 2.49. The second-order valence-electron chi connectivity index (χ2n) is 6.38. The first kappa shape index (κ1) is 20.9. The molecule has 0 saturated carbocycles. The highest BCUT2D eigenvalue weighted by molar-refractivity contribution is 5.77. The molecule has 0 unspecified atom stereocenters. The van der Waals surface area contributed by atoms with E-state index in [2.05, 4.69) is 5.32 Å². The zero-order chi connectivity index (χ0) is 19.5. The molecule has 0 aliphatic heterocycles. The maximum atomic E-state index is 12.0. The fourth-order valence-electron chi connectivity index (χ4n) is 2.49. The normalized spacial score (nSPS) is 10.6. The van der Waals surface area contributed by atoms with Crippen molar-refractivity contribution in [1.82, 2.24) is 5.32 Å². The van der Waals surface area contributed by atoms with Gasteiger partial charge in [-0.2, -0.15) is 0 Å². The Bertz CT molecular complexity index is 730. The molecule has 27 heavy (non-hydrogen) atoms. The first-order valence-electron chi connectivity index (χ1n) is 9.28. The third-order valence-electron chi connectivity index (χ3n) is 4.17. The standard InChI is InChI=1S/C22H29NO4/c1-4-25-10-11-26-15-20-7-5-6-19(13-20)14-23-22(24)16-27-21-9-8-17(2)18(3)12-21/h5-9,12-13H,4,10-11,14-16H2,1-3H3,(H,23,24). The lowest BCUT2D eigenvalue weighted by Gasteiger charge is -2.10. The lowest BCUT2D eigenvalue weighted by Crippen LogP contribution is -2.28. The van der Waals surface area contributed by atoms with Crippen molar-refractivity contribution in [2.24, 2.45) is 0 Å². The summed E-state index contributed by atoms with van der Waals surface area (Å²) >= 11 is 0. The number of aryl methyl sites for hydroxylation is 2. The van der Waals surface area contributed by atoms with E-state index in [1.165, 1.54) is 5.56 Å². The summed E-state index contributed by atoms with van der Waals surface area (Å²) in [4.78, 5) is 12.0. The zero-order valence-electron chi connectivity index (χ0n) is 16.4. The van der Waals surface area contributed by atoms with Crippen molar-refractivity contribution < 1.29 is 19.0 Å². The Labute approximate surface area is 161 Å². The van der Waals surface area contributed by atoms with Crippen LogP contribution in [0.1, 0.15) is 29.2 Å². The molecule has 0 bridgehead atoms. The molecule has 5 nitrogen and oxygen atoms in total. The fraction of sp³-hybridized carbons (Fsp3) is 0.409. The molecular formula is C22H29NO4. The van der Waals surface area contributed by atoms with Crippen molar-refractivity contribution in [3.63, 3.8) is 0 Å². The summed E-state index contributed by atoms with van der Waals surface area (Å²) in [6, 6.07) is 13.8. The van der Waals surface area contributed by atoms with Gasteiger partial charge in [0, 0.05) is 13.2 Å². The number of ether oxygens (including phenoxy) is 3. The van der Waals surface area contributed by atoms with Crippen molar-refractivity contribution in [3.8, 4) is 5.75 Å².